The van der Waals surface area contributed by atoms with E-state index in [-0.39, 0.29) is 6.04 Å². The highest BCUT2D eigenvalue weighted by Crippen LogP contribution is 2.39. The van der Waals surface area contributed by atoms with Crippen molar-refractivity contribution in [3.8, 4) is 0 Å². The Morgan fingerprint density at radius 2 is 1.94 bits per heavy atom. The molecule has 98 valence electrons. The van der Waals surface area contributed by atoms with E-state index in [0.29, 0.717) is 4.34 Å². The number of rotatable bonds is 5. The Hall–Kier alpha value is 0.230. The second-order valence-electron chi connectivity index (χ2n) is 3.81. The molecule has 1 nitrogen and oxygen atoms in total. The van der Waals surface area contributed by atoms with E-state index in [1.54, 1.807) is 11.3 Å². The lowest BCUT2D eigenvalue weighted by Crippen LogP contribution is -2.22. The normalized spacial score (nSPS) is 12.9. The first-order valence-corrected chi connectivity index (χ1v) is 8.32. The van der Waals surface area contributed by atoms with E-state index < -0.39 is 0 Å². The summed E-state index contributed by atoms with van der Waals surface area (Å²) in [5, 5.41) is 3.48. The van der Waals surface area contributed by atoms with Crippen LogP contribution in [-0.4, -0.2) is 6.54 Å². The molecule has 0 aliphatic carbocycles. The van der Waals surface area contributed by atoms with Crippen molar-refractivity contribution >= 4 is 57.5 Å². The molecule has 0 saturated heterocycles. The van der Waals surface area contributed by atoms with E-state index in [9.17, 15) is 0 Å². The van der Waals surface area contributed by atoms with Gasteiger partial charge in [0.05, 0.1) is 19.1 Å². The number of thiophene rings is 2. The molecule has 0 fully saturated rings. The second-order valence-corrected chi connectivity index (χ2v) is 7.84. The summed E-state index contributed by atoms with van der Waals surface area (Å²) >= 11 is 21.2. The summed E-state index contributed by atoms with van der Waals surface area (Å²) in [5.74, 6) is 0. The third-order valence-corrected chi connectivity index (χ3v) is 5.29. The van der Waals surface area contributed by atoms with Crippen LogP contribution in [0.5, 0.6) is 0 Å². The molecular formula is C12H12Cl3NS2. The van der Waals surface area contributed by atoms with Gasteiger partial charge in [-0.05, 0) is 31.2 Å². The van der Waals surface area contributed by atoms with Crippen LogP contribution in [0.2, 0.25) is 13.0 Å². The zero-order valence-corrected chi connectivity index (χ0v) is 13.6. The first-order valence-electron chi connectivity index (χ1n) is 5.55. The summed E-state index contributed by atoms with van der Waals surface area (Å²) in [6, 6.07) is 5.93. The molecular weight excluding hydrogens is 329 g/mol. The summed E-state index contributed by atoms with van der Waals surface area (Å²) < 4.78 is 2.23. The molecule has 0 radical (unpaired) electrons. The largest absolute Gasteiger partial charge is 0.306 e. The maximum atomic E-state index is 6.24. The highest BCUT2D eigenvalue weighted by atomic mass is 35.5. The molecule has 2 aromatic heterocycles. The van der Waals surface area contributed by atoms with Crippen LogP contribution in [0.3, 0.4) is 0 Å². The van der Waals surface area contributed by atoms with Gasteiger partial charge in [-0.15, -0.1) is 22.7 Å². The topological polar surface area (TPSA) is 12.0 Å². The summed E-state index contributed by atoms with van der Waals surface area (Å²) in [4.78, 5) is 1.16. The van der Waals surface area contributed by atoms with Gasteiger partial charge in [0.15, 0.2) is 0 Å². The third-order valence-electron chi connectivity index (χ3n) is 2.47. The smallest absolute Gasteiger partial charge is 0.0995 e. The van der Waals surface area contributed by atoms with Gasteiger partial charge in [-0.3, -0.25) is 0 Å². The minimum absolute atomic E-state index is 0.0682. The van der Waals surface area contributed by atoms with Crippen molar-refractivity contribution < 1.29 is 0 Å². The van der Waals surface area contributed by atoms with Crippen molar-refractivity contribution in [2.75, 3.05) is 6.54 Å². The van der Waals surface area contributed by atoms with Crippen LogP contribution in [0, 0.1) is 0 Å². The Kier molecular flexibility index (Phi) is 5.36. The molecule has 2 aromatic rings. The van der Waals surface area contributed by atoms with Crippen LogP contribution < -0.4 is 5.32 Å². The number of hydrogen-bond acceptors (Lipinski definition) is 3. The molecule has 0 bridgehead atoms. The molecule has 2 heterocycles. The van der Waals surface area contributed by atoms with Gasteiger partial charge in [0, 0.05) is 10.4 Å². The van der Waals surface area contributed by atoms with Crippen molar-refractivity contribution in [1.29, 1.82) is 0 Å². The standard InChI is InChI=1S/C12H12Cl3NS2/c1-2-5-16-11(8-3-4-9(13)17-8)7-6-10(14)18-12(7)15/h3-4,6,11,16H,2,5H2,1H3. The van der Waals surface area contributed by atoms with Gasteiger partial charge in [-0.2, -0.15) is 0 Å². The van der Waals surface area contributed by atoms with Crippen molar-refractivity contribution in [3.05, 3.63) is 41.6 Å². The molecule has 0 aromatic carbocycles. The van der Waals surface area contributed by atoms with Crippen molar-refractivity contribution in [3.63, 3.8) is 0 Å². The second kappa shape index (κ2) is 6.60. The number of nitrogens with one attached hydrogen (secondary N) is 1. The van der Waals surface area contributed by atoms with E-state index in [1.807, 2.05) is 18.2 Å². The van der Waals surface area contributed by atoms with Crippen molar-refractivity contribution in [1.82, 2.24) is 5.32 Å². The average Bonchev–Trinajstić information content (AvgIpc) is 2.87. The molecule has 0 spiro atoms. The number of halogens is 3. The van der Waals surface area contributed by atoms with Gasteiger partial charge in [-0.1, -0.05) is 41.7 Å². The molecule has 0 aliphatic heterocycles. The molecule has 2 rings (SSSR count). The summed E-state index contributed by atoms with van der Waals surface area (Å²) in [6.45, 7) is 3.05. The molecule has 1 N–H and O–H groups in total. The molecule has 1 atom stereocenters. The molecule has 0 aliphatic rings. The molecule has 0 saturated carbocycles. The molecule has 18 heavy (non-hydrogen) atoms. The van der Waals surface area contributed by atoms with Crippen LogP contribution in [-0.2, 0) is 0 Å². The Morgan fingerprint density at radius 1 is 1.17 bits per heavy atom. The minimum Gasteiger partial charge on any atom is -0.306 e. The van der Waals surface area contributed by atoms with Gasteiger partial charge in [-0.25, -0.2) is 0 Å². The van der Waals surface area contributed by atoms with Crippen LogP contribution in [0.15, 0.2) is 18.2 Å². The van der Waals surface area contributed by atoms with Gasteiger partial charge >= 0.3 is 0 Å². The molecule has 1 unspecified atom stereocenters. The quantitative estimate of drug-likeness (QED) is 0.719. The Bertz CT molecular complexity index is 521. The summed E-state index contributed by atoms with van der Waals surface area (Å²) in [7, 11) is 0. The maximum absolute atomic E-state index is 6.24. The van der Waals surface area contributed by atoms with E-state index in [4.69, 9.17) is 34.8 Å². The average molecular weight is 341 g/mol. The van der Waals surface area contributed by atoms with Gasteiger partial charge in [0.25, 0.3) is 0 Å². The summed E-state index contributed by atoms with van der Waals surface area (Å²) in [5.41, 5.74) is 1.03. The Morgan fingerprint density at radius 3 is 2.44 bits per heavy atom. The van der Waals surface area contributed by atoms with E-state index in [1.165, 1.54) is 11.3 Å². The monoisotopic (exact) mass is 339 g/mol. The van der Waals surface area contributed by atoms with Crippen molar-refractivity contribution in [2.24, 2.45) is 0 Å². The third kappa shape index (κ3) is 3.41. The SMILES string of the molecule is CCCNC(c1ccc(Cl)s1)c1cc(Cl)sc1Cl. The summed E-state index contributed by atoms with van der Waals surface area (Å²) in [6.07, 6.45) is 1.06. The van der Waals surface area contributed by atoms with E-state index in [2.05, 4.69) is 12.2 Å². The van der Waals surface area contributed by atoms with Crippen LogP contribution in [0.1, 0.15) is 29.8 Å². The van der Waals surface area contributed by atoms with Crippen LogP contribution >= 0.6 is 57.5 Å². The first-order chi connectivity index (χ1) is 8.61. The predicted octanol–water partition coefficient (Wildman–Crippen LogP) is 5.86. The maximum Gasteiger partial charge on any atom is 0.0995 e. The predicted molar refractivity (Wildman–Crippen MR) is 83.8 cm³/mol. The zero-order valence-electron chi connectivity index (χ0n) is 9.67. The lowest BCUT2D eigenvalue weighted by Gasteiger charge is -2.16. The Balaban J connectivity index is 2.33. The zero-order chi connectivity index (χ0) is 13.1. The lowest BCUT2D eigenvalue weighted by molar-refractivity contribution is 0.607. The van der Waals surface area contributed by atoms with Crippen LogP contribution in [0.25, 0.3) is 0 Å². The van der Waals surface area contributed by atoms with E-state index in [0.717, 1.165) is 32.1 Å². The van der Waals surface area contributed by atoms with Gasteiger partial charge < -0.3 is 5.32 Å². The minimum atomic E-state index is 0.0682. The van der Waals surface area contributed by atoms with Gasteiger partial charge in [0.1, 0.15) is 0 Å². The fourth-order valence-corrected chi connectivity index (χ4v) is 4.37. The fraction of sp³-hybridized carbons (Fsp3) is 0.333. The van der Waals surface area contributed by atoms with Crippen molar-refractivity contribution in [2.45, 2.75) is 19.4 Å². The lowest BCUT2D eigenvalue weighted by atomic mass is 10.1. The van der Waals surface area contributed by atoms with E-state index >= 15 is 0 Å². The highest BCUT2D eigenvalue weighted by Gasteiger charge is 2.20. The van der Waals surface area contributed by atoms with Crippen LogP contribution in [0.4, 0.5) is 0 Å². The first kappa shape index (κ1) is 14.6. The Labute approximate surface area is 130 Å². The van der Waals surface area contributed by atoms with Gasteiger partial charge in [0.2, 0.25) is 0 Å². The highest BCUT2D eigenvalue weighted by molar-refractivity contribution is 7.20. The molecule has 0 amide bonds. The number of hydrogen-bond donors (Lipinski definition) is 1. The molecule has 6 heteroatoms. The fourth-order valence-electron chi connectivity index (χ4n) is 1.69.